The van der Waals surface area contributed by atoms with Gasteiger partial charge in [-0.05, 0) is 31.0 Å². The first kappa shape index (κ1) is 12.5. The minimum Gasteiger partial charge on any atom is -0.491 e. The number of hydrogen-bond donors (Lipinski definition) is 2. The van der Waals surface area contributed by atoms with Crippen LogP contribution in [0.3, 0.4) is 0 Å². The summed E-state index contributed by atoms with van der Waals surface area (Å²) in [5, 5.41) is 8.42. The van der Waals surface area contributed by atoms with Gasteiger partial charge in [-0.15, -0.1) is 0 Å². The lowest BCUT2D eigenvalue weighted by molar-refractivity contribution is 0.238. The summed E-state index contributed by atoms with van der Waals surface area (Å²) in [5.41, 5.74) is 5.47. The summed E-state index contributed by atoms with van der Waals surface area (Å²) in [6.45, 7) is 0.550. The highest BCUT2D eigenvalue weighted by Crippen LogP contribution is 2.49. The second-order valence-corrected chi connectivity index (χ2v) is 5.41. The molecule has 1 aromatic rings. The lowest BCUT2D eigenvalue weighted by atomic mass is 10.0. The van der Waals surface area contributed by atoms with Gasteiger partial charge in [0, 0.05) is 16.9 Å². The fourth-order valence-corrected chi connectivity index (χ4v) is 2.24. The predicted octanol–water partition coefficient (Wildman–Crippen LogP) is 3.48. The minimum absolute atomic E-state index is 0.0504. The van der Waals surface area contributed by atoms with E-state index in [0.29, 0.717) is 28.8 Å². The van der Waals surface area contributed by atoms with Gasteiger partial charge in [-0.2, -0.15) is 0 Å². The minimum atomic E-state index is 0.0504. The van der Waals surface area contributed by atoms with E-state index in [1.165, 1.54) is 0 Å². The van der Waals surface area contributed by atoms with Crippen molar-refractivity contribution in [2.24, 2.45) is 11.1 Å². The summed E-state index contributed by atoms with van der Waals surface area (Å²) < 4.78 is 5.68. The van der Waals surface area contributed by atoms with E-state index in [-0.39, 0.29) is 11.3 Å². The Balaban J connectivity index is 1.96. The van der Waals surface area contributed by atoms with Crippen molar-refractivity contribution in [3.8, 4) is 5.75 Å². The Kier molecular flexibility index (Phi) is 3.50. The zero-order valence-electron chi connectivity index (χ0n) is 9.30. The van der Waals surface area contributed by atoms with Gasteiger partial charge in [0.1, 0.15) is 5.75 Å². The lowest BCUT2D eigenvalue weighted by Crippen LogP contribution is -2.21. The highest BCUT2D eigenvalue weighted by atomic mass is 35.5. The van der Waals surface area contributed by atoms with Gasteiger partial charge in [-0.1, -0.05) is 23.2 Å². The van der Waals surface area contributed by atoms with Gasteiger partial charge in [-0.25, -0.2) is 0 Å². The maximum atomic E-state index is 7.32. The summed E-state index contributed by atoms with van der Waals surface area (Å²) in [5.74, 6) is 0.846. The maximum Gasteiger partial charge on any atom is 0.138 e. The van der Waals surface area contributed by atoms with Crippen molar-refractivity contribution in [2.45, 2.75) is 19.3 Å². The highest BCUT2D eigenvalue weighted by molar-refractivity contribution is 6.35. The molecule has 1 aliphatic carbocycles. The molecule has 1 aliphatic rings. The first-order chi connectivity index (χ1) is 8.01. The third-order valence-corrected chi connectivity index (χ3v) is 3.48. The van der Waals surface area contributed by atoms with Crippen molar-refractivity contribution in [1.29, 1.82) is 5.41 Å². The molecule has 1 saturated carbocycles. The van der Waals surface area contributed by atoms with Gasteiger partial charge in [0.25, 0.3) is 0 Å². The van der Waals surface area contributed by atoms with E-state index in [1.807, 2.05) is 0 Å². The molecule has 0 aromatic heterocycles. The van der Waals surface area contributed by atoms with E-state index < -0.39 is 0 Å². The number of rotatable bonds is 5. The summed E-state index contributed by atoms with van der Waals surface area (Å²) in [6, 6.07) is 5.16. The topological polar surface area (TPSA) is 59.1 Å². The molecule has 1 fully saturated rings. The number of amidine groups is 1. The van der Waals surface area contributed by atoms with Crippen LogP contribution in [-0.4, -0.2) is 12.4 Å². The van der Waals surface area contributed by atoms with Gasteiger partial charge in [0.15, 0.2) is 0 Å². The molecule has 0 amide bonds. The predicted molar refractivity (Wildman–Crippen MR) is 70.2 cm³/mol. The molecule has 0 bridgehead atoms. The van der Waals surface area contributed by atoms with Crippen LogP contribution < -0.4 is 10.5 Å². The number of ether oxygens (including phenoxy) is 1. The quantitative estimate of drug-likeness (QED) is 0.637. The zero-order valence-corrected chi connectivity index (χ0v) is 10.8. The van der Waals surface area contributed by atoms with Gasteiger partial charge in [0.05, 0.1) is 17.5 Å². The van der Waals surface area contributed by atoms with Crippen LogP contribution in [0.2, 0.25) is 10.0 Å². The molecule has 0 unspecified atom stereocenters. The SMILES string of the molecule is N=C(N)CC1(COc2ccc(Cl)cc2Cl)CC1. The molecule has 0 radical (unpaired) electrons. The molecule has 3 nitrogen and oxygen atoms in total. The third-order valence-electron chi connectivity index (χ3n) is 2.95. The molecular formula is C12H14Cl2N2O. The van der Waals surface area contributed by atoms with E-state index >= 15 is 0 Å². The lowest BCUT2D eigenvalue weighted by Gasteiger charge is -2.16. The molecule has 92 valence electrons. The average Bonchev–Trinajstić information content (AvgIpc) is 2.96. The van der Waals surface area contributed by atoms with Crippen molar-refractivity contribution < 1.29 is 4.74 Å². The summed E-state index contributed by atoms with van der Waals surface area (Å²) in [6.07, 6.45) is 2.70. The smallest absolute Gasteiger partial charge is 0.138 e. The Labute approximate surface area is 110 Å². The molecule has 0 spiro atoms. The van der Waals surface area contributed by atoms with Crippen LogP contribution in [0.5, 0.6) is 5.75 Å². The van der Waals surface area contributed by atoms with Crippen molar-refractivity contribution in [2.75, 3.05) is 6.61 Å². The average molecular weight is 273 g/mol. The van der Waals surface area contributed by atoms with Crippen LogP contribution in [0, 0.1) is 10.8 Å². The zero-order chi connectivity index (χ0) is 12.5. The number of halogens is 2. The molecule has 17 heavy (non-hydrogen) atoms. The molecule has 1 aromatic carbocycles. The monoisotopic (exact) mass is 272 g/mol. The van der Waals surface area contributed by atoms with Crippen LogP contribution in [-0.2, 0) is 0 Å². The maximum absolute atomic E-state index is 7.32. The van der Waals surface area contributed by atoms with Gasteiger partial charge in [-0.3, -0.25) is 5.41 Å². The van der Waals surface area contributed by atoms with Crippen LogP contribution in [0.1, 0.15) is 19.3 Å². The Morgan fingerprint density at radius 1 is 1.41 bits per heavy atom. The number of nitrogens with two attached hydrogens (primary N) is 1. The Morgan fingerprint density at radius 3 is 2.65 bits per heavy atom. The van der Waals surface area contributed by atoms with Crippen LogP contribution in [0.25, 0.3) is 0 Å². The van der Waals surface area contributed by atoms with Crippen LogP contribution in [0.4, 0.5) is 0 Å². The van der Waals surface area contributed by atoms with Gasteiger partial charge in [0.2, 0.25) is 0 Å². The van der Waals surface area contributed by atoms with E-state index in [2.05, 4.69) is 0 Å². The number of hydrogen-bond acceptors (Lipinski definition) is 2. The third kappa shape index (κ3) is 3.27. The van der Waals surface area contributed by atoms with Crippen molar-refractivity contribution in [1.82, 2.24) is 0 Å². The van der Waals surface area contributed by atoms with E-state index in [1.54, 1.807) is 18.2 Å². The molecule has 0 aliphatic heterocycles. The van der Waals surface area contributed by atoms with Crippen LogP contribution in [0.15, 0.2) is 18.2 Å². The summed E-state index contributed by atoms with van der Waals surface area (Å²) >= 11 is 11.8. The van der Waals surface area contributed by atoms with Crippen molar-refractivity contribution in [3.05, 3.63) is 28.2 Å². The normalized spacial score (nSPS) is 16.6. The summed E-state index contributed by atoms with van der Waals surface area (Å²) in [7, 11) is 0. The largest absolute Gasteiger partial charge is 0.491 e. The second-order valence-electron chi connectivity index (χ2n) is 4.57. The van der Waals surface area contributed by atoms with Gasteiger partial charge >= 0.3 is 0 Å². The number of nitrogens with one attached hydrogen (secondary N) is 1. The molecule has 3 N–H and O–H groups in total. The van der Waals surface area contributed by atoms with Crippen LogP contribution >= 0.6 is 23.2 Å². The molecule has 0 saturated heterocycles. The van der Waals surface area contributed by atoms with Gasteiger partial charge < -0.3 is 10.5 Å². The number of benzene rings is 1. The Hall–Kier alpha value is -0.930. The molecular weight excluding hydrogens is 259 g/mol. The highest BCUT2D eigenvalue weighted by Gasteiger charge is 2.44. The van der Waals surface area contributed by atoms with Crippen molar-refractivity contribution >= 4 is 29.0 Å². The first-order valence-corrected chi connectivity index (χ1v) is 6.17. The van der Waals surface area contributed by atoms with E-state index in [4.69, 9.17) is 39.1 Å². The Bertz CT molecular complexity index is 444. The Morgan fingerprint density at radius 2 is 2.12 bits per heavy atom. The molecule has 5 heteroatoms. The van der Waals surface area contributed by atoms with E-state index in [0.717, 1.165) is 12.8 Å². The molecule has 2 rings (SSSR count). The first-order valence-electron chi connectivity index (χ1n) is 5.42. The molecule has 0 heterocycles. The fraction of sp³-hybridized carbons (Fsp3) is 0.417. The fourth-order valence-electron chi connectivity index (χ4n) is 1.78. The molecule has 0 atom stereocenters. The van der Waals surface area contributed by atoms with E-state index in [9.17, 15) is 0 Å². The summed E-state index contributed by atoms with van der Waals surface area (Å²) in [4.78, 5) is 0. The second kappa shape index (κ2) is 4.75. The standard InChI is InChI=1S/C12H14Cl2N2O/c13-8-1-2-10(9(14)5-8)17-7-12(3-4-12)6-11(15)16/h1-2,5H,3-4,6-7H2,(H3,15,16). The van der Waals surface area contributed by atoms with Crippen molar-refractivity contribution in [3.63, 3.8) is 0 Å².